The molecule has 0 atom stereocenters. The first-order valence-electron chi connectivity index (χ1n) is 6.57. The smallest absolute Gasteiger partial charge is 0.240 e. The second-order valence-corrected chi connectivity index (χ2v) is 4.35. The molecule has 0 aliphatic heterocycles. The van der Waals surface area contributed by atoms with E-state index in [9.17, 15) is 0 Å². The largest absolute Gasteiger partial charge is 0.481 e. The van der Waals surface area contributed by atoms with Crippen LogP contribution in [0.5, 0.6) is 11.8 Å². The minimum atomic E-state index is 0.647. The van der Waals surface area contributed by atoms with Crippen molar-refractivity contribution in [2.75, 3.05) is 14.2 Å². The lowest BCUT2D eigenvalue weighted by atomic mass is 10.1. The Bertz CT molecular complexity index is 520. The lowest BCUT2D eigenvalue weighted by molar-refractivity contribution is 0.378. The van der Waals surface area contributed by atoms with E-state index in [0.717, 1.165) is 36.4 Å². The molecule has 0 aliphatic rings. The van der Waals surface area contributed by atoms with Crippen LogP contribution in [0.25, 0.3) is 5.69 Å². The Balaban J connectivity index is 2.47. The third kappa shape index (κ3) is 2.72. The fourth-order valence-electron chi connectivity index (χ4n) is 2.10. The molecular formula is C15H20N2O2. The van der Waals surface area contributed by atoms with Gasteiger partial charge in [-0.3, -0.25) is 0 Å². The zero-order valence-corrected chi connectivity index (χ0v) is 11.7. The van der Waals surface area contributed by atoms with Crippen molar-refractivity contribution < 1.29 is 9.47 Å². The number of benzene rings is 1. The molecule has 0 spiro atoms. The van der Waals surface area contributed by atoms with Gasteiger partial charge in [-0.25, -0.2) is 0 Å². The summed E-state index contributed by atoms with van der Waals surface area (Å²) in [6.07, 6.45) is 3.13. The van der Waals surface area contributed by atoms with E-state index >= 15 is 0 Å². The Labute approximate surface area is 114 Å². The summed E-state index contributed by atoms with van der Waals surface area (Å²) in [4.78, 5) is 0. The van der Waals surface area contributed by atoms with E-state index in [1.807, 2.05) is 30.3 Å². The Kier molecular flexibility index (Phi) is 4.44. The first-order chi connectivity index (χ1) is 9.31. The number of hydrogen-bond acceptors (Lipinski definition) is 3. The molecule has 2 aromatic rings. The molecule has 0 bridgehead atoms. The molecule has 1 aromatic carbocycles. The van der Waals surface area contributed by atoms with Gasteiger partial charge in [0.1, 0.15) is 0 Å². The lowest BCUT2D eigenvalue weighted by Gasteiger charge is -2.07. The van der Waals surface area contributed by atoms with E-state index in [4.69, 9.17) is 9.47 Å². The lowest BCUT2D eigenvalue weighted by Crippen LogP contribution is -2.00. The molecular weight excluding hydrogens is 240 g/mol. The molecule has 0 radical (unpaired) electrons. The topological polar surface area (TPSA) is 36.3 Å². The SMILES string of the molecule is CCCCc1c(OC)nn(-c2ccccc2)c1OC. The number of rotatable bonds is 6. The van der Waals surface area contributed by atoms with Gasteiger partial charge >= 0.3 is 0 Å². The van der Waals surface area contributed by atoms with Crippen LogP contribution in [0.3, 0.4) is 0 Å². The van der Waals surface area contributed by atoms with Crippen molar-refractivity contribution in [3.63, 3.8) is 0 Å². The summed E-state index contributed by atoms with van der Waals surface area (Å²) in [6, 6.07) is 9.94. The first kappa shape index (κ1) is 13.5. The Hall–Kier alpha value is -1.97. The molecule has 0 fully saturated rings. The van der Waals surface area contributed by atoms with Gasteiger partial charge in [-0.2, -0.15) is 4.68 Å². The van der Waals surface area contributed by atoms with E-state index in [-0.39, 0.29) is 0 Å². The van der Waals surface area contributed by atoms with Gasteiger partial charge in [0.15, 0.2) is 0 Å². The van der Waals surface area contributed by atoms with Crippen molar-refractivity contribution in [2.45, 2.75) is 26.2 Å². The van der Waals surface area contributed by atoms with Gasteiger partial charge in [0.2, 0.25) is 11.8 Å². The summed E-state index contributed by atoms with van der Waals surface area (Å²) in [5.74, 6) is 1.41. The van der Waals surface area contributed by atoms with E-state index in [1.165, 1.54) is 0 Å². The molecule has 1 aromatic heterocycles. The molecule has 102 valence electrons. The van der Waals surface area contributed by atoms with Crippen molar-refractivity contribution in [3.8, 4) is 17.4 Å². The predicted molar refractivity (Wildman–Crippen MR) is 75.3 cm³/mol. The van der Waals surface area contributed by atoms with Crippen molar-refractivity contribution in [3.05, 3.63) is 35.9 Å². The molecule has 1 heterocycles. The molecule has 0 amide bonds. The van der Waals surface area contributed by atoms with Crippen LogP contribution in [-0.2, 0) is 6.42 Å². The summed E-state index contributed by atoms with van der Waals surface area (Å²) in [5, 5.41) is 4.49. The summed E-state index contributed by atoms with van der Waals surface area (Å²) < 4.78 is 12.7. The minimum absolute atomic E-state index is 0.647. The van der Waals surface area contributed by atoms with Crippen LogP contribution in [0, 0.1) is 0 Å². The molecule has 0 saturated carbocycles. The van der Waals surface area contributed by atoms with Crippen molar-refractivity contribution in [1.82, 2.24) is 9.78 Å². The molecule has 2 rings (SSSR count). The quantitative estimate of drug-likeness (QED) is 0.800. The van der Waals surface area contributed by atoms with Gasteiger partial charge in [0, 0.05) is 0 Å². The third-order valence-corrected chi connectivity index (χ3v) is 3.07. The monoisotopic (exact) mass is 260 g/mol. The maximum atomic E-state index is 5.53. The molecule has 0 aliphatic carbocycles. The number of para-hydroxylation sites is 1. The number of nitrogens with zero attached hydrogens (tertiary/aromatic N) is 2. The molecule has 0 saturated heterocycles. The van der Waals surface area contributed by atoms with Gasteiger partial charge < -0.3 is 9.47 Å². The van der Waals surface area contributed by atoms with Gasteiger partial charge in [-0.1, -0.05) is 31.5 Å². The second-order valence-electron chi connectivity index (χ2n) is 4.35. The fourth-order valence-corrected chi connectivity index (χ4v) is 2.10. The third-order valence-electron chi connectivity index (χ3n) is 3.07. The van der Waals surface area contributed by atoms with E-state index in [1.54, 1.807) is 18.9 Å². The van der Waals surface area contributed by atoms with Crippen LogP contribution >= 0.6 is 0 Å². The average molecular weight is 260 g/mol. The first-order valence-corrected chi connectivity index (χ1v) is 6.57. The molecule has 0 unspecified atom stereocenters. The van der Waals surface area contributed by atoms with Gasteiger partial charge in [0.25, 0.3) is 0 Å². The molecule has 4 heteroatoms. The van der Waals surface area contributed by atoms with Crippen LogP contribution in [0.4, 0.5) is 0 Å². The van der Waals surface area contributed by atoms with Crippen LogP contribution in [-0.4, -0.2) is 24.0 Å². The normalized spacial score (nSPS) is 10.5. The van der Waals surface area contributed by atoms with E-state index in [2.05, 4.69) is 12.0 Å². The zero-order chi connectivity index (χ0) is 13.7. The molecule has 4 nitrogen and oxygen atoms in total. The van der Waals surface area contributed by atoms with Crippen molar-refractivity contribution >= 4 is 0 Å². The van der Waals surface area contributed by atoms with Crippen molar-refractivity contribution in [1.29, 1.82) is 0 Å². The summed E-state index contributed by atoms with van der Waals surface area (Å²) in [6.45, 7) is 2.17. The summed E-state index contributed by atoms with van der Waals surface area (Å²) >= 11 is 0. The number of ether oxygens (including phenoxy) is 2. The fraction of sp³-hybridized carbons (Fsp3) is 0.400. The van der Waals surface area contributed by atoms with Crippen LogP contribution in [0.15, 0.2) is 30.3 Å². The van der Waals surface area contributed by atoms with Crippen LogP contribution in [0.1, 0.15) is 25.3 Å². The Morgan fingerprint density at radius 3 is 2.42 bits per heavy atom. The summed E-state index contributed by atoms with van der Waals surface area (Å²) in [7, 11) is 3.32. The number of aromatic nitrogens is 2. The Morgan fingerprint density at radius 2 is 1.84 bits per heavy atom. The maximum Gasteiger partial charge on any atom is 0.240 e. The average Bonchev–Trinajstić information content (AvgIpc) is 2.83. The number of unbranched alkanes of at least 4 members (excludes halogenated alkanes) is 1. The highest BCUT2D eigenvalue weighted by atomic mass is 16.5. The molecule has 19 heavy (non-hydrogen) atoms. The van der Waals surface area contributed by atoms with E-state index in [0.29, 0.717) is 5.88 Å². The Morgan fingerprint density at radius 1 is 1.11 bits per heavy atom. The highest BCUT2D eigenvalue weighted by Gasteiger charge is 2.19. The number of methoxy groups -OCH3 is 2. The number of hydrogen-bond donors (Lipinski definition) is 0. The minimum Gasteiger partial charge on any atom is -0.481 e. The van der Waals surface area contributed by atoms with Gasteiger partial charge in [-0.15, -0.1) is 5.10 Å². The van der Waals surface area contributed by atoms with Crippen LogP contribution in [0.2, 0.25) is 0 Å². The maximum absolute atomic E-state index is 5.53. The highest BCUT2D eigenvalue weighted by Crippen LogP contribution is 2.32. The zero-order valence-electron chi connectivity index (χ0n) is 11.7. The van der Waals surface area contributed by atoms with E-state index < -0.39 is 0 Å². The predicted octanol–water partition coefficient (Wildman–Crippen LogP) is 3.23. The molecule has 0 N–H and O–H groups in total. The van der Waals surface area contributed by atoms with Crippen molar-refractivity contribution in [2.24, 2.45) is 0 Å². The van der Waals surface area contributed by atoms with Crippen LogP contribution < -0.4 is 9.47 Å². The van der Waals surface area contributed by atoms with Gasteiger partial charge in [0.05, 0.1) is 25.5 Å². The highest BCUT2D eigenvalue weighted by molar-refractivity contribution is 5.44. The summed E-state index contributed by atoms with van der Waals surface area (Å²) in [5.41, 5.74) is 2.01. The second kappa shape index (κ2) is 6.27. The van der Waals surface area contributed by atoms with Gasteiger partial charge in [-0.05, 0) is 25.0 Å². The standard InChI is InChI=1S/C15H20N2O2/c1-4-5-11-13-14(18-2)16-17(15(13)19-3)12-9-7-6-8-10-12/h6-10H,4-5,11H2,1-3H3.